The molecule has 1 unspecified atom stereocenters. The van der Waals surface area contributed by atoms with Gasteiger partial charge in [-0.05, 0) is 13.8 Å². The molecule has 0 aromatic carbocycles. The minimum absolute atomic E-state index is 0.0139. The molecule has 0 amide bonds. The SMILES string of the molecule is CC(=O)CN(CCC(=O)O)CC(C)O. The van der Waals surface area contributed by atoms with E-state index in [1.807, 2.05) is 0 Å². The molecule has 0 aromatic rings. The average Bonchev–Trinajstić information content (AvgIpc) is 1.97. The number of carbonyl (C=O) groups excluding carboxylic acids is 1. The smallest absolute Gasteiger partial charge is 0.304 e. The molecule has 0 saturated heterocycles. The van der Waals surface area contributed by atoms with Crippen molar-refractivity contribution in [2.45, 2.75) is 26.4 Å². The van der Waals surface area contributed by atoms with E-state index in [4.69, 9.17) is 10.2 Å². The molecular formula is C9H17NO4. The fraction of sp³-hybridized carbons (Fsp3) is 0.778. The molecular weight excluding hydrogens is 186 g/mol. The van der Waals surface area contributed by atoms with Gasteiger partial charge >= 0.3 is 5.97 Å². The van der Waals surface area contributed by atoms with Crippen LogP contribution in [-0.4, -0.2) is 52.6 Å². The zero-order valence-corrected chi connectivity index (χ0v) is 8.56. The summed E-state index contributed by atoms with van der Waals surface area (Å²) in [6.07, 6.45) is -0.567. The molecule has 0 aliphatic rings. The van der Waals surface area contributed by atoms with Gasteiger partial charge in [-0.15, -0.1) is 0 Å². The topological polar surface area (TPSA) is 77.8 Å². The van der Waals surface area contributed by atoms with Crippen molar-refractivity contribution in [3.8, 4) is 0 Å². The first kappa shape index (κ1) is 13.1. The van der Waals surface area contributed by atoms with Crippen molar-refractivity contribution < 1.29 is 19.8 Å². The van der Waals surface area contributed by atoms with Gasteiger partial charge in [0.05, 0.1) is 19.1 Å². The molecule has 0 aromatic heterocycles. The van der Waals surface area contributed by atoms with Crippen LogP contribution in [0, 0.1) is 0 Å². The Hall–Kier alpha value is -0.940. The van der Waals surface area contributed by atoms with Gasteiger partial charge in [-0.3, -0.25) is 14.5 Å². The van der Waals surface area contributed by atoms with Gasteiger partial charge in [0.25, 0.3) is 0 Å². The lowest BCUT2D eigenvalue weighted by atomic mass is 10.3. The molecule has 0 rings (SSSR count). The summed E-state index contributed by atoms with van der Waals surface area (Å²) in [5.41, 5.74) is 0. The number of hydrogen-bond acceptors (Lipinski definition) is 4. The van der Waals surface area contributed by atoms with Gasteiger partial charge in [-0.2, -0.15) is 0 Å². The van der Waals surface area contributed by atoms with Crippen LogP contribution in [0.5, 0.6) is 0 Å². The largest absolute Gasteiger partial charge is 0.481 e. The Labute approximate surface area is 83.3 Å². The number of aliphatic hydroxyl groups excluding tert-OH is 1. The number of carbonyl (C=O) groups is 2. The number of Topliss-reactive ketones (excluding diaryl/α,β-unsaturated/α-hetero) is 1. The third-order valence-corrected chi connectivity index (χ3v) is 1.61. The van der Waals surface area contributed by atoms with Crippen LogP contribution in [0.2, 0.25) is 0 Å². The number of hydrogen-bond donors (Lipinski definition) is 2. The summed E-state index contributed by atoms with van der Waals surface area (Å²) in [6.45, 7) is 3.86. The number of nitrogens with zero attached hydrogens (tertiary/aromatic N) is 1. The quantitative estimate of drug-likeness (QED) is 0.595. The monoisotopic (exact) mass is 203 g/mol. The Morgan fingerprint density at radius 2 is 2.00 bits per heavy atom. The van der Waals surface area contributed by atoms with Gasteiger partial charge in [0, 0.05) is 13.1 Å². The molecule has 2 N–H and O–H groups in total. The zero-order chi connectivity index (χ0) is 11.1. The maximum atomic E-state index is 10.8. The van der Waals surface area contributed by atoms with Gasteiger partial charge in [-0.1, -0.05) is 0 Å². The van der Waals surface area contributed by atoms with Gasteiger partial charge in [0.15, 0.2) is 0 Å². The second kappa shape index (κ2) is 6.50. The summed E-state index contributed by atoms with van der Waals surface area (Å²) >= 11 is 0. The fourth-order valence-corrected chi connectivity index (χ4v) is 1.18. The highest BCUT2D eigenvalue weighted by Gasteiger charge is 2.11. The lowest BCUT2D eigenvalue weighted by molar-refractivity contribution is -0.137. The maximum Gasteiger partial charge on any atom is 0.304 e. The minimum atomic E-state index is -0.899. The van der Waals surface area contributed by atoms with Crippen molar-refractivity contribution in [1.82, 2.24) is 4.90 Å². The molecule has 0 aliphatic carbocycles. The number of carboxylic acid groups (broad SMARTS) is 1. The summed E-state index contributed by atoms with van der Waals surface area (Å²) < 4.78 is 0. The lowest BCUT2D eigenvalue weighted by Gasteiger charge is -2.21. The van der Waals surface area contributed by atoms with E-state index >= 15 is 0 Å². The van der Waals surface area contributed by atoms with E-state index in [9.17, 15) is 9.59 Å². The van der Waals surface area contributed by atoms with Crippen molar-refractivity contribution in [3.63, 3.8) is 0 Å². The lowest BCUT2D eigenvalue weighted by Crippen LogP contribution is -2.36. The number of rotatable bonds is 7. The molecule has 0 spiro atoms. The fourth-order valence-electron chi connectivity index (χ4n) is 1.18. The summed E-state index contributed by atoms with van der Waals surface area (Å²) in [4.78, 5) is 22.8. The summed E-state index contributed by atoms with van der Waals surface area (Å²) in [5.74, 6) is -0.930. The van der Waals surface area contributed by atoms with Gasteiger partial charge in [0.2, 0.25) is 0 Å². The second-order valence-electron chi connectivity index (χ2n) is 3.43. The first-order chi connectivity index (χ1) is 6.41. The van der Waals surface area contributed by atoms with Gasteiger partial charge in [-0.25, -0.2) is 0 Å². The van der Waals surface area contributed by atoms with E-state index in [2.05, 4.69) is 0 Å². The molecule has 82 valence electrons. The van der Waals surface area contributed by atoms with Crippen LogP contribution in [-0.2, 0) is 9.59 Å². The highest BCUT2D eigenvalue weighted by atomic mass is 16.4. The molecule has 5 nitrogen and oxygen atoms in total. The average molecular weight is 203 g/mol. The van der Waals surface area contributed by atoms with E-state index in [0.717, 1.165) is 0 Å². The van der Waals surface area contributed by atoms with Crippen molar-refractivity contribution in [2.75, 3.05) is 19.6 Å². The molecule has 1 atom stereocenters. The van der Waals surface area contributed by atoms with Crippen molar-refractivity contribution >= 4 is 11.8 Å². The van der Waals surface area contributed by atoms with Crippen LogP contribution >= 0.6 is 0 Å². The highest BCUT2D eigenvalue weighted by molar-refractivity contribution is 5.77. The normalized spacial score (nSPS) is 12.9. The van der Waals surface area contributed by atoms with Crippen molar-refractivity contribution in [1.29, 1.82) is 0 Å². The number of ketones is 1. The van der Waals surface area contributed by atoms with Gasteiger partial charge < -0.3 is 10.2 Å². The number of carboxylic acids is 1. The Morgan fingerprint density at radius 1 is 1.43 bits per heavy atom. The predicted molar refractivity (Wildman–Crippen MR) is 51.1 cm³/mol. The number of aliphatic hydroxyl groups is 1. The van der Waals surface area contributed by atoms with Crippen LogP contribution in [0.15, 0.2) is 0 Å². The minimum Gasteiger partial charge on any atom is -0.481 e. The first-order valence-corrected chi connectivity index (χ1v) is 4.53. The third-order valence-electron chi connectivity index (χ3n) is 1.61. The summed E-state index contributed by atoms with van der Waals surface area (Å²) in [7, 11) is 0. The van der Waals surface area contributed by atoms with Crippen LogP contribution in [0.25, 0.3) is 0 Å². The Morgan fingerprint density at radius 3 is 2.36 bits per heavy atom. The molecule has 0 aliphatic heterocycles. The zero-order valence-electron chi connectivity index (χ0n) is 8.56. The third kappa shape index (κ3) is 7.70. The Bertz CT molecular complexity index is 203. The van der Waals surface area contributed by atoms with E-state index in [1.165, 1.54) is 6.92 Å². The van der Waals surface area contributed by atoms with Crippen LogP contribution in [0.4, 0.5) is 0 Å². The maximum absolute atomic E-state index is 10.8. The van der Waals surface area contributed by atoms with Crippen molar-refractivity contribution in [3.05, 3.63) is 0 Å². The summed E-state index contributed by atoms with van der Waals surface area (Å²) in [5, 5.41) is 17.6. The van der Waals surface area contributed by atoms with E-state index in [1.54, 1.807) is 11.8 Å². The Kier molecular flexibility index (Phi) is 6.07. The molecule has 0 saturated carbocycles. The summed E-state index contributed by atoms with van der Waals surface area (Å²) in [6, 6.07) is 0. The Balaban J connectivity index is 3.96. The van der Waals surface area contributed by atoms with Crippen molar-refractivity contribution in [2.24, 2.45) is 0 Å². The van der Waals surface area contributed by atoms with Crippen LogP contribution in [0.1, 0.15) is 20.3 Å². The van der Waals surface area contributed by atoms with E-state index in [-0.39, 0.29) is 18.7 Å². The highest BCUT2D eigenvalue weighted by Crippen LogP contribution is 1.95. The molecule has 14 heavy (non-hydrogen) atoms. The molecule has 0 fully saturated rings. The van der Waals surface area contributed by atoms with Crippen LogP contribution in [0.3, 0.4) is 0 Å². The molecule has 5 heteroatoms. The molecule has 0 radical (unpaired) electrons. The van der Waals surface area contributed by atoms with Gasteiger partial charge in [0.1, 0.15) is 5.78 Å². The first-order valence-electron chi connectivity index (χ1n) is 4.53. The standard InChI is InChI=1S/C9H17NO4/c1-7(11)5-10(6-8(2)12)4-3-9(13)14/h7,11H,3-6H2,1-2H3,(H,13,14). The molecule has 0 bridgehead atoms. The van der Waals surface area contributed by atoms with E-state index < -0.39 is 12.1 Å². The predicted octanol–water partition coefficient (Wildman–Crippen LogP) is -0.267. The number of aliphatic carboxylic acids is 1. The molecule has 0 heterocycles. The van der Waals surface area contributed by atoms with Crippen LogP contribution < -0.4 is 0 Å². The second-order valence-corrected chi connectivity index (χ2v) is 3.43. The van der Waals surface area contributed by atoms with E-state index in [0.29, 0.717) is 13.1 Å².